The lowest BCUT2D eigenvalue weighted by Crippen LogP contribution is -2.54. The summed E-state index contributed by atoms with van der Waals surface area (Å²) < 4.78 is 18.2. The van der Waals surface area contributed by atoms with Crippen LogP contribution in [0.3, 0.4) is 0 Å². The molecule has 1 aliphatic heterocycles. The Kier molecular flexibility index (Phi) is 8.75. The second-order valence-electron chi connectivity index (χ2n) is 7.70. The molecule has 7 nitrogen and oxygen atoms in total. The Hall–Kier alpha value is -2.78. The smallest absolute Gasteiger partial charge is 0.263 e. The molecule has 1 aliphatic rings. The van der Waals surface area contributed by atoms with Gasteiger partial charge in [-0.2, -0.15) is 0 Å². The van der Waals surface area contributed by atoms with E-state index in [0.29, 0.717) is 50.4 Å². The number of methoxy groups -OCH3 is 1. The Labute approximate surface area is 190 Å². The molecule has 172 valence electrons. The van der Waals surface area contributed by atoms with Crippen molar-refractivity contribution in [1.29, 1.82) is 0 Å². The lowest BCUT2D eigenvalue weighted by atomic mass is 9.88. The maximum absolute atomic E-state index is 13.2. The molecule has 32 heavy (non-hydrogen) atoms. The van der Waals surface area contributed by atoms with Crippen LogP contribution in [0, 0.1) is 11.7 Å². The van der Waals surface area contributed by atoms with E-state index in [0.717, 1.165) is 0 Å². The number of nitrogens with one attached hydrogen (secondary N) is 2. The van der Waals surface area contributed by atoms with Crippen molar-refractivity contribution in [2.75, 3.05) is 33.4 Å². The van der Waals surface area contributed by atoms with E-state index in [1.807, 2.05) is 11.4 Å². The number of halogens is 1. The van der Waals surface area contributed by atoms with E-state index in [4.69, 9.17) is 4.74 Å². The van der Waals surface area contributed by atoms with Gasteiger partial charge in [-0.25, -0.2) is 4.39 Å². The average molecular weight is 462 g/mol. The Balaban J connectivity index is 1.65. The van der Waals surface area contributed by atoms with Crippen LogP contribution >= 0.6 is 11.3 Å². The third kappa shape index (κ3) is 6.37. The first kappa shape index (κ1) is 23.9. The molecule has 0 radical (unpaired) electrons. The van der Waals surface area contributed by atoms with Crippen LogP contribution in [-0.2, 0) is 9.53 Å². The van der Waals surface area contributed by atoms with Crippen molar-refractivity contribution in [3.05, 3.63) is 58.0 Å². The minimum Gasteiger partial charge on any atom is -0.385 e. The van der Waals surface area contributed by atoms with Crippen LogP contribution < -0.4 is 10.6 Å². The van der Waals surface area contributed by atoms with E-state index in [9.17, 15) is 18.8 Å². The molecule has 0 unspecified atom stereocenters. The highest BCUT2D eigenvalue weighted by atomic mass is 32.1. The zero-order valence-electron chi connectivity index (χ0n) is 18.0. The molecular weight excluding hydrogens is 433 g/mol. The lowest BCUT2D eigenvalue weighted by Gasteiger charge is -2.35. The summed E-state index contributed by atoms with van der Waals surface area (Å²) in [5.74, 6) is -1.25. The van der Waals surface area contributed by atoms with Gasteiger partial charge in [0.25, 0.3) is 11.8 Å². The summed E-state index contributed by atoms with van der Waals surface area (Å²) in [6.07, 6.45) is 1.85. The third-order valence-electron chi connectivity index (χ3n) is 5.53. The predicted molar refractivity (Wildman–Crippen MR) is 120 cm³/mol. The number of likely N-dealkylation sites (tertiary alicyclic amines) is 1. The molecule has 2 N–H and O–H groups in total. The molecule has 0 spiro atoms. The van der Waals surface area contributed by atoms with Crippen LogP contribution in [0.2, 0.25) is 0 Å². The first-order chi connectivity index (χ1) is 15.5. The molecule has 0 saturated carbocycles. The standard InChI is InChI=1S/C23H28FN3O4S/c1-31-14-3-11-25-22(29)20(26-21(28)17-5-7-18(24)8-6-17)16-9-12-27(13-10-16)23(30)19-4-2-15-32-19/h2,4-8,15-16,20H,3,9-14H2,1H3,(H,25,29)(H,26,28)/t20-/m1/s1. The number of hydrogen-bond donors (Lipinski definition) is 2. The molecule has 0 bridgehead atoms. The minimum atomic E-state index is -0.742. The third-order valence-corrected chi connectivity index (χ3v) is 6.39. The van der Waals surface area contributed by atoms with Crippen molar-refractivity contribution in [3.8, 4) is 0 Å². The second-order valence-corrected chi connectivity index (χ2v) is 8.65. The molecule has 2 heterocycles. The summed E-state index contributed by atoms with van der Waals surface area (Å²) in [7, 11) is 1.60. The van der Waals surface area contributed by atoms with Crippen molar-refractivity contribution in [3.63, 3.8) is 0 Å². The monoisotopic (exact) mass is 461 g/mol. The number of piperidine rings is 1. The van der Waals surface area contributed by atoms with Gasteiger partial charge in [0, 0.05) is 38.9 Å². The molecule has 3 rings (SSSR count). The van der Waals surface area contributed by atoms with Crippen LogP contribution in [0.1, 0.15) is 39.3 Å². The maximum atomic E-state index is 13.2. The normalized spacial score (nSPS) is 15.2. The van der Waals surface area contributed by atoms with E-state index in [1.54, 1.807) is 18.1 Å². The molecular formula is C23H28FN3O4S. The number of thiophene rings is 1. The highest BCUT2D eigenvalue weighted by molar-refractivity contribution is 7.12. The fourth-order valence-corrected chi connectivity index (χ4v) is 4.44. The quantitative estimate of drug-likeness (QED) is 0.562. The number of rotatable bonds is 9. The fraction of sp³-hybridized carbons (Fsp3) is 0.435. The van der Waals surface area contributed by atoms with Crippen molar-refractivity contribution in [2.24, 2.45) is 5.92 Å². The summed E-state index contributed by atoms with van der Waals surface area (Å²) in [6, 6.07) is 8.11. The zero-order valence-corrected chi connectivity index (χ0v) is 18.8. The van der Waals surface area contributed by atoms with Gasteiger partial charge in [-0.1, -0.05) is 6.07 Å². The largest absolute Gasteiger partial charge is 0.385 e. The Bertz CT molecular complexity index is 896. The fourth-order valence-electron chi connectivity index (χ4n) is 3.75. The molecule has 3 amide bonds. The van der Waals surface area contributed by atoms with Crippen molar-refractivity contribution in [1.82, 2.24) is 15.5 Å². The van der Waals surface area contributed by atoms with E-state index >= 15 is 0 Å². The van der Waals surface area contributed by atoms with Gasteiger partial charge >= 0.3 is 0 Å². The summed E-state index contributed by atoms with van der Waals surface area (Å²) >= 11 is 1.41. The summed E-state index contributed by atoms with van der Waals surface area (Å²) in [6.45, 7) is 1.99. The molecule has 1 aromatic carbocycles. The van der Waals surface area contributed by atoms with Crippen LogP contribution in [0.4, 0.5) is 4.39 Å². The zero-order chi connectivity index (χ0) is 22.9. The van der Waals surface area contributed by atoms with Crippen LogP contribution in [0.25, 0.3) is 0 Å². The number of benzene rings is 1. The van der Waals surface area contributed by atoms with Crippen molar-refractivity contribution < 1.29 is 23.5 Å². The summed E-state index contributed by atoms with van der Waals surface area (Å²) in [4.78, 5) is 40.7. The summed E-state index contributed by atoms with van der Waals surface area (Å²) in [5, 5.41) is 7.56. The number of amides is 3. The molecule has 2 aromatic rings. The van der Waals surface area contributed by atoms with Gasteiger partial charge in [-0.15, -0.1) is 11.3 Å². The van der Waals surface area contributed by atoms with Gasteiger partial charge in [-0.3, -0.25) is 14.4 Å². The predicted octanol–water partition coefficient (Wildman–Crippen LogP) is 2.69. The molecule has 1 aromatic heterocycles. The number of ether oxygens (including phenoxy) is 1. The van der Waals surface area contributed by atoms with Crippen LogP contribution in [0.15, 0.2) is 41.8 Å². The molecule has 1 fully saturated rings. The SMILES string of the molecule is COCCCNC(=O)[C@H](NC(=O)c1ccc(F)cc1)C1CCN(C(=O)c2cccs2)CC1. The van der Waals surface area contributed by atoms with Gasteiger partial charge in [0.1, 0.15) is 11.9 Å². The first-order valence-electron chi connectivity index (χ1n) is 10.7. The number of nitrogens with zero attached hydrogens (tertiary/aromatic N) is 1. The summed E-state index contributed by atoms with van der Waals surface area (Å²) in [5.41, 5.74) is 0.286. The Morgan fingerprint density at radius 1 is 1.19 bits per heavy atom. The van der Waals surface area contributed by atoms with Gasteiger partial charge < -0.3 is 20.3 Å². The molecule has 9 heteroatoms. The van der Waals surface area contributed by atoms with Gasteiger partial charge in [0.05, 0.1) is 4.88 Å². The first-order valence-corrected chi connectivity index (χ1v) is 11.5. The Morgan fingerprint density at radius 3 is 2.53 bits per heavy atom. The maximum Gasteiger partial charge on any atom is 0.263 e. The average Bonchev–Trinajstić information content (AvgIpc) is 3.35. The number of hydrogen-bond acceptors (Lipinski definition) is 5. The van der Waals surface area contributed by atoms with Crippen molar-refractivity contribution in [2.45, 2.75) is 25.3 Å². The minimum absolute atomic E-state index is 0.00522. The number of carbonyl (C=O) groups is 3. The van der Waals surface area contributed by atoms with Crippen LogP contribution in [-0.4, -0.2) is 62.0 Å². The molecule has 1 saturated heterocycles. The lowest BCUT2D eigenvalue weighted by molar-refractivity contribution is -0.124. The van der Waals surface area contributed by atoms with E-state index in [1.165, 1.54) is 35.6 Å². The van der Waals surface area contributed by atoms with Gasteiger partial charge in [0.15, 0.2) is 0 Å². The van der Waals surface area contributed by atoms with Gasteiger partial charge in [0.2, 0.25) is 5.91 Å². The highest BCUT2D eigenvalue weighted by Crippen LogP contribution is 2.24. The molecule has 1 atom stereocenters. The van der Waals surface area contributed by atoms with E-state index in [-0.39, 0.29) is 23.3 Å². The highest BCUT2D eigenvalue weighted by Gasteiger charge is 2.34. The van der Waals surface area contributed by atoms with E-state index in [2.05, 4.69) is 10.6 Å². The Morgan fingerprint density at radius 2 is 1.91 bits per heavy atom. The number of carbonyl (C=O) groups excluding carboxylic acids is 3. The molecule has 0 aliphatic carbocycles. The second kappa shape index (κ2) is 11.7. The topological polar surface area (TPSA) is 87.7 Å². The van der Waals surface area contributed by atoms with E-state index < -0.39 is 17.8 Å². The van der Waals surface area contributed by atoms with Crippen molar-refractivity contribution >= 4 is 29.1 Å². The van der Waals surface area contributed by atoms with Crippen LogP contribution in [0.5, 0.6) is 0 Å². The van der Waals surface area contributed by atoms with Gasteiger partial charge in [-0.05, 0) is 60.9 Å².